The fourth-order valence-electron chi connectivity index (χ4n) is 2.88. The first kappa shape index (κ1) is 30.1. The number of pyridine rings is 1. The molecule has 2 aromatic rings. The van der Waals surface area contributed by atoms with Crippen molar-refractivity contribution in [1.29, 1.82) is 0 Å². The average Bonchev–Trinajstić information content (AvgIpc) is 2.75. The molecule has 2 amide bonds. The van der Waals surface area contributed by atoms with Crippen LogP contribution in [0.5, 0.6) is 5.88 Å². The van der Waals surface area contributed by atoms with Crippen LogP contribution in [0.2, 0.25) is 0 Å². The third-order valence-electron chi connectivity index (χ3n) is 4.54. The van der Waals surface area contributed by atoms with Gasteiger partial charge in [-0.1, -0.05) is 11.2 Å². The number of aromatic nitrogens is 1. The number of carbonyl (C=O) groups is 2. The zero-order valence-electron chi connectivity index (χ0n) is 19.7. The largest absolute Gasteiger partial charge is 0.455 e. The van der Waals surface area contributed by atoms with E-state index in [9.17, 15) is 35.9 Å². The van der Waals surface area contributed by atoms with E-state index in [-0.39, 0.29) is 22.5 Å². The van der Waals surface area contributed by atoms with Crippen molar-refractivity contribution in [2.75, 3.05) is 12.4 Å². The number of nitrogens with zero attached hydrogens (tertiary/aromatic N) is 2. The van der Waals surface area contributed by atoms with Crippen molar-refractivity contribution >= 4 is 46.3 Å². The number of aryl methyl sites for hydroxylation is 1. The number of halogens is 7. The maximum absolute atomic E-state index is 13.0. The zero-order valence-corrected chi connectivity index (χ0v) is 21.9. The molecule has 1 heterocycles. The van der Waals surface area contributed by atoms with Gasteiger partial charge in [-0.2, -0.15) is 26.3 Å². The molecule has 0 bridgehead atoms. The fourth-order valence-corrected chi connectivity index (χ4v) is 3.62. The Hall–Kier alpha value is -3.11. The normalized spacial score (nSPS) is 12.5. The number of nitrogens with one attached hydrogen (secondary N) is 2. The van der Waals surface area contributed by atoms with Crippen LogP contribution in [-0.4, -0.2) is 54.1 Å². The first-order chi connectivity index (χ1) is 17.0. The van der Waals surface area contributed by atoms with Crippen molar-refractivity contribution in [3.05, 3.63) is 50.7 Å². The molecule has 202 valence electrons. The van der Waals surface area contributed by atoms with Gasteiger partial charge in [0.2, 0.25) is 5.88 Å². The van der Waals surface area contributed by atoms with E-state index in [4.69, 9.17) is 0 Å². The molecule has 0 aliphatic rings. The van der Waals surface area contributed by atoms with Gasteiger partial charge in [-0.05, 0) is 61.6 Å². The highest BCUT2D eigenvalue weighted by atomic mass is 127. The fraction of sp³-hybridized carbons (Fsp3) is 0.364. The van der Waals surface area contributed by atoms with E-state index in [2.05, 4.69) is 30.3 Å². The Bertz CT molecular complexity index is 1170. The predicted octanol–water partition coefficient (Wildman–Crippen LogP) is 5.26. The summed E-state index contributed by atoms with van der Waals surface area (Å²) in [6.45, 7) is 4.53. The van der Waals surface area contributed by atoms with Crippen LogP contribution in [0.3, 0.4) is 0 Å². The summed E-state index contributed by atoms with van der Waals surface area (Å²) in [5.41, 5.74) is -1.10. The highest BCUT2D eigenvalue weighted by molar-refractivity contribution is 14.1. The molecule has 0 spiro atoms. The summed E-state index contributed by atoms with van der Waals surface area (Å²) in [6.07, 6.45) is -14.2. The van der Waals surface area contributed by atoms with Gasteiger partial charge in [0.25, 0.3) is 17.9 Å². The van der Waals surface area contributed by atoms with Crippen molar-refractivity contribution < 1.29 is 45.5 Å². The quantitative estimate of drug-likeness (QED) is 0.177. The number of hydrogen-bond donors (Lipinski definition) is 2. The summed E-state index contributed by atoms with van der Waals surface area (Å²) in [7, 11) is 1.33. The Morgan fingerprint density at radius 1 is 1.05 bits per heavy atom. The highest BCUT2D eigenvalue weighted by Gasteiger charge is 2.59. The first-order valence-electron chi connectivity index (χ1n) is 10.2. The van der Waals surface area contributed by atoms with E-state index in [1.54, 1.807) is 19.9 Å². The SMILES string of the molecule is CO/N=C/C(C)(C)NC(=O)c1c(I)cccc1C(=O)Nc1ccc(OC(C(F)(F)F)C(F)(F)F)nc1C. The molecule has 37 heavy (non-hydrogen) atoms. The van der Waals surface area contributed by atoms with Crippen molar-refractivity contribution in [3.63, 3.8) is 0 Å². The number of amides is 2. The van der Waals surface area contributed by atoms with Crippen LogP contribution in [-0.2, 0) is 4.84 Å². The second-order valence-corrected chi connectivity index (χ2v) is 9.24. The molecule has 1 aromatic heterocycles. The van der Waals surface area contributed by atoms with Crippen LogP contribution >= 0.6 is 22.6 Å². The first-order valence-corrected chi connectivity index (χ1v) is 11.3. The average molecular weight is 646 g/mol. The Kier molecular flexibility index (Phi) is 9.37. The van der Waals surface area contributed by atoms with Crippen LogP contribution in [0.15, 0.2) is 35.5 Å². The van der Waals surface area contributed by atoms with Crippen molar-refractivity contribution in [3.8, 4) is 5.88 Å². The molecular formula is C22H21F6IN4O4. The van der Waals surface area contributed by atoms with Gasteiger partial charge < -0.3 is 20.2 Å². The highest BCUT2D eigenvalue weighted by Crippen LogP contribution is 2.36. The minimum atomic E-state index is -5.72. The Morgan fingerprint density at radius 2 is 1.68 bits per heavy atom. The minimum absolute atomic E-state index is 0.0225. The van der Waals surface area contributed by atoms with Gasteiger partial charge in [0.05, 0.1) is 34.3 Å². The smallest absolute Gasteiger partial charge is 0.434 e. The lowest BCUT2D eigenvalue weighted by molar-refractivity contribution is -0.300. The predicted molar refractivity (Wildman–Crippen MR) is 130 cm³/mol. The molecule has 0 unspecified atom stereocenters. The summed E-state index contributed by atoms with van der Waals surface area (Å²) < 4.78 is 81.1. The molecule has 2 rings (SSSR count). The number of benzene rings is 1. The monoisotopic (exact) mass is 646 g/mol. The van der Waals surface area contributed by atoms with Crippen LogP contribution in [0.25, 0.3) is 0 Å². The van der Waals surface area contributed by atoms with E-state index in [1.807, 2.05) is 22.6 Å². The maximum Gasteiger partial charge on any atom is 0.434 e. The van der Waals surface area contributed by atoms with Crippen molar-refractivity contribution in [2.45, 2.75) is 44.8 Å². The van der Waals surface area contributed by atoms with E-state index in [0.29, 0.717) is 3.57 Å². The van der Waals surface area contributed by atoms with Gasteiger partial charge in [-0.3, -0.25) is 9.59 Å². The molecule has 15 heteroatoms. The van der Waals surface area contributed by atoms with Gasteiger partial charge in [-0.25, -0.2) is 4.98 Å². The Balaban J connectivity index is 2.30. The number of ether oxygens (including phenoxy) is 1. The minimum Gasteiger partial charge on any atom is -0.455 e. The number of carbonyl (C=O) groups excluding carboxylic acids is 2. The number of anilines is 1. The van der Waals surface area contributed by atoms with Gasteiger partial charge in [0.15, 0.2) is 0 Å². The van der Waals surface area contributed by atoms with Crippen LogP contribution in [0.1, 0.15) is 40.3 Å². The second kappa shape index (κ2) is 11.5. The van der Waals surface area contributed by atoms with Crippen molar-refractivity contribution in [1.82, 2.24) is 10.3 Å². The molecule has 0 atom stereocenters. The van der Waals surface area contributed by atoms with E-state index in [1.165, 1.54) is 32.4 Å². The summed E-state index contributed by atoms with van der Waals surface area (Å²) in [5, 5.41) is 8.78. The van der Waals surface area contributed by atoms with Crippen LogP contribution in [0.4, 0.5) is 32.0 Å². The van der Waals surface area contributed by atoms with Crippen molar-refractivity contribution in [2.24, 2.45) is 5.16 Å². The van der Waals surface area contributed by atoms with Gasteiger partial charge in [-0.15, -0.1) is 0 Å². The summed E-state index contributed by atoms with van der Waals surface area (Å²) in [6, 6.07) is 6.30. The number of alkyl halides is 6. The molecule has 0 radical (unpaired) electrons. The topological polar surface area (TPSA) is 102 Å². The molecule has 1 aromatic carbocycles. The third-order valence-corrected chi connectivity index (χ3v) is 5.44. The Labute approximate surface area is 220 Å². The molecule has 0 saturated heterocycles. The molecule has 0 fully saturated rings. The number of oxime groups is 1. The molecule has 2 N–H and O–H groups in total. The van der Waals surface area contributed by atoms with E-state index < -0.39 is 41.7 Å². The zero-order chi connectivity index (χ0) is 28.2. The molecule has 0 aliphatic carbocycles. The third kappa shape index (κ3) is 8.19. The summed E-state index contributed by atoms with van der Waals surface area (Å²) in [4.78, 5) is 34.2. The molecule has 0 aliphatic heterocycles. The van der Waals surface area contributed by atoms with E-state index in [0.717, 1.165) is 12.1 Å². The Morgan fingerprint density at radius 3 is 2.22 bits per heavy atom. The lowest BCUT2D eigenvalue weighted by Crippen LogP contribution is -2.46. The molecule has 0 saturated carbocycles. The van der Waals surface area contributed by atoms with Gasteiger partial charge >= 0.3 is 12.4 Å². The second-order valence-electron chi connectivity index (χ2n) is 8.07. The molecule has 8 nitrogen and oxygen atoms in total. The summed E-state index contributed by atoms with van der Waals surface area (Å²) >= 11 is 1.87. The number of rotatable bonds is 8. The van der Waals surface area contributed by atoms with Gasteiger partial charge in [0, 0.05) is 9.64 Å². The molecular weight excluding hydrogens is 625 g/mol. The number of hydrogen-bond acceptors (Lipinski definition) is 6. The van der Waals surface area contributed by atoms with E-state index >= 15 is 0 Å². The standard InChI is InChI=1S/C22H21F6IN4O4/c1-11-14(8-9-15(31-11)37-19(21(23,24)25)22(26,27)28)32-17(34)12-6-5-7-13(29)16(12)18(35)33-20(2,3)10-30-36-4/h5-10,19H,1-4H3,(H,32,34)(H,33,35)/b30-10+. The summed E-state index contributed by atoms with van der Waals surface area (Å²) in [5.74, 6) is -2.31. The van der Waals surface area contributed by atoms with Gasteiger partial charge in [0.1, 0.15) is 7.11 Å². The maximum atomic E-state index is 13.0. The van der Waals surface area contributed by atoms with Crippen LogP contribution in [0, 0.1) is 10.5 Å². The van der Waals surface area contributed by atoms with Crippen LogP contribution < -0.4 is 15.4 Å². The lowest BCUT2D eigenvalue weighted by Gasteiger charge is -2.23. The lowest BCUT2D eigenvalue weighted by atomic mass is 10.0.